The van der Waals surface area contributed by atoms with Gasteiger partial charge in [0.25, 0.3) is 0 Å². The van der Waals surface area contributed by atoms with E-state index in [0.717, 1.165) is 25.7 Å². The highest BCUT2D eigenvalue weighted by atomic mass is 28.4. The van der Waals surface area contributed by atoms with Crippen LogP contribution in [0.4, 0.5) is 0 Å². The fourth-order valence-corrected chi connectivity index (χ4v) is 13.9. The van der Waals surface area contributed by atoms with Gasteiger partial charge in [0.05, 0.1) is 25.4 Å². The smallest absolute Gasteiger partial charge is 0.220 e. The number of hydrogen-bond acceptors (Lipinski definition) is 8. The molecular weight excluding hydrogens is 943 g/mol. The van der Waals surface area contributed by atoms with Gasteiger partial charge in [-0.25, -0.2) is 0 Å². The van der Waals surface area contributed by atoms with Crippen molar-refractivity contribution in [1.29, 1.82) is 0 Å². The molecule has 0 aromatic heterocycles. The van der Waals surface area contributed by atoms with E-state index in [1.54, 1.807) is 0 Å². The lowest BCUT2D eigenvalue weighted by atomic mass is 9.99. The molecule has 1 aliphatic heterocycles. The summed E-state index contributed by atoms with van der Waals surface area (Å²) >= 11 is 0. The first-order valence-corrected chi connectivity index (χ1v) is 45.9. The molecule has 1 rings (SSSR count). The second kappa shape index (κ2) is 36.1. The molecule has 7 atom stereocenters. The quantitative estimate of drug-likeness (QED) is 0.0367. The molecule has 0 radical (unpaired) electrons. The number of rotatable bonds is 43. The van der Waals surface area contributed by atoms with Crippen molar-refractivity contribution >= 4 is 47.5 Å². The Balaban J connectivity index is 3.35. The Morgan fingerprint density at radius 3 is 1.33 bits per heavy atom. The highest BCUT2D eigenvalue weighted by Gasteiger charge is 2.52. The van der Waals surface area contributed by atoms with Crippen LogP contribution in [0, 0.1) is 0 Å². The topological polar surface area (TPSA) is 93.7 Å². The largest absolute Gasteiger partial charge is 0.415 e. The number of nitrogens with one attached hydrogen (secondary N) is 1. The highest BCUT2D eigenvalue weighted by molar-refractivity contribution is 6.71. The molecule has 1 aliphatic rings. The number of amides is 1. The van der Waals surface area contributed by atoms with Crippen LogP contribution in [0.1, 0.15) is 181 Å². The Bertz CT molecular complexity index is 1310. The van der Waals surface area contributed by atoms with Crippen LogP contribution in [-0.2, 0) is 36.4 Å². The van der Waals surface area contributed by atoms with Gasteiger partial charge < -0.3 is 36.9 Å². The van der Waals surface area contributed by atoms with E-state index in [1.165, 1.54) is 135 Å². The first-order valence-electron chi connectivity index (χ1n) is 28.8. The highest BCUT2D eigenvalue weighted by Crippen LogP contribution is 2.35. The summed E-state index contributed by atoms with van der Waals surface area (Å²) in [7, 11) is -10.4. The van der Waals surface area contributed by atoms with Crippen molar-refractivity contribution in [2.75, 3.05) is 13.2 Å². The van der Waals surface area contributed by atoms with Gasteiger partial charge in [-0.15, -0.1) is 0 Å². The van der Waals surface area contributed by atoms with Gasteiger partial charge in [0.2, 0.25) is 5.91 Å². The maximum Gasteiger partial charge on any atom is 0.220 e. The molecule has 1 fully saturated rings. The third-order valence-electron chi connectivity index (χ3n) is 12.2. The molecule has 0 aromatic carbocycles. The molecule has 1 saturated heterocycles. The van der Waals surface area contributed by atoms with E-state index in [9.17, 15) is 4.79 Å². The van der Waals surface area contributed by atoms with Gasteiger partial charge in [-0.2, -0.15) is 0 Å². The lowest BCUT2D eigenvalue weighted by Gasteiger charge is -2.51. The summed E-state index contributed by atoms with van der Waals surface area (Å²) in [6.07, 6.45) is 34.4. The maximum absolute atomic E-state index is 14.0. The minimum absolute atomic E-state index is 0.0547. The van der Waals surface area contributed by atoms with Gasteiger partial charge in [-0.05, 0) is 117 Å². The summed E-state index contributed by atoms with van der Waals surface area (Å²) in [5, 5.41) is 3.46. The molecule has 0 aromatic rings. The molecule has 0 unspecified atom stereocenters. The predicted octanol–water partition coefficient (Wildman–Crippen LogP) is 16.7. The summed E-state index contributed by atoms with van der Waals surface area (Å²) in [6, 6.07) is -0.417. The molecule has 410 valence electrons. The van der Waals surface area contributed by atoms with Crippen molar-refractivity contribution in [3.8, 4) is 0 Å². The van der Waals surface area contributed by atoms with Gasteiger partial charge in [-0.1, -0.05) is 167 Å². The number of allylic oxidation sites excluding steroid dienone is 1. The first-order chi connectivity index (χ1) is 32.2. The normalized spacial score (nSPS) is 20.7. The van der Waals surface area contributed by atoms with Crippen molar-refractivity contribution in [3.05, 3.63) is 12.2 Å². The SMILES string of the molecule is CCCCCCCCCCCCC/C=C\[C@H](O[Si](C)(C)C)[C@@H](CO[C@@H]1O[C@H](CO[Si](C)(C)C)[C@@H](O[Si](C)(C)C)[C@H](O[Si](C)(C)C)[C@H]1O[Si](C)(C)C)NC(=O)CCCCCCCCCCCCCCC. The molecule has 0 saturated carbocycles. The first kappa shape index (κ1) is 67.0. The van der Waals surface area contributed by atoms with E-state index in [1.807, 2.05) is 0 Å². The third-order valence-corrected chi connectivity index (χ3v) is 17.2. The number of carbonyl (C=O) groups is 1. The fraction of sp³-hybridized carbons (Fsp3) is 0.945. The number of unbranched alkanes of at least 4 members (excludes halogenated alkanes) is 23. The molecule has 69 heavy (non-hydrogen) atoms. The summed E-state index contributed by atoms with van der Waals surface area (Å²) in [6.45, 7) is 38.5. The minimum Gasteiger partial charge on any atom is -0.415 e. The molecule has 0 aliphatic carbocycles. The lowest BCUT2D eigenvalue weighted by Crippen LogP contribution is -2.66. The zero-order valence-corrected chi connectivity index (χ0v) is 53.8. The van der Waals surface area contributed by atoms with Crippen LogP contribution in [-0.4, -0.2) is 104 Å². The molecular formula is C55H117NO8Si5. The van der Waals surface area contributed by atoms with Crippen molar-refractivity contribution in [2.45, 2.75) is 322 Å². The number of carbonyl (C=O) groups excluding carboxylic acids is 1. The summed E-state index contributed by atoms with van der Waals surface area (Å²) in [4.78, 5) is 14.0. The van der Waals surface area contributed by atoms with E-state index in [0.29, 0.717) is 13.0 Å². The molecule has 0 bridgehead atoms. The Labute approximate surface area is 434 Å². The summed E-state index contributed by atoms with van der Waals surface area (Å²) in [5.74, 6) is 0.0547. The third kappa shape index (κ3) is 37.4. The molecule has 9 nitrogen and oxygen atoms in total. The van der Waals surface area contributed by atoms with Crippen molar-refractivity contribution < 1.29 is 36.4 Å². The van der Waals surface area contributed by atoms with Gasteiger partial charge in [0.15, 0.2) is 47.9 Å². The molecule has 0 spiro atoms. The Hall–Kier alpha value is 0.0144. The van der Waals surface area contributed by atoms with Gasteiger partial charge in [0.1, 0.15) is 24.4 Å². The second-order valence-electron chi connectivity index (χ2n) is 25.5. The minimum atomic E-state index is -2.18. The van der Waals surface area contributed by atoms with Crippen LogP contribution >= 0.6 is 0 Å². The molecule has 1 N–H and O–H groups in total. The van der Waals surface area contributed by atoms with Gasteiger partial charge >= 0.3 is 0 Å². The molecule has 1 heterocycles. The van der Waals surface area contributed by atoms with Crippen LogP contribution in [0.2, 0.25) is 98.2 Å². The number of hydrogen-bond donors (Lipinski definition) is 1. The average molecular weight is 1060 g/mol. The van der Waals surface area contributed by atoms with E-state index in [2.05, 4.69) is 130 Å². The van der Waals surface area contributed by atoms with Crippen molar-refractivity contribution in [2.24, 2.45) is 0 Å². The zero-order valence-electron chi connectivity index (χ0n) is 48.8. The van der Waals surface area contributed by atoms with Crippen molar-refractivity contribution in [3.63, 3.8) is 0 Å². The molecule has 14 heteroatoms. The second-order valence-corrected chi connectivity index (χ2v) is 47.9. The summed E-state index contributed by atoms with van der Waals surface area (Å²) in [5.41, 5.74) is 0. The Morgan fingerprint density at radius 2 is 0.913 bits per heavy atom. The van der Waals surface area contributed by atoms with Crippen LogP contribution in [0.5, 0.6) is 0 Å². The zero-order chi connectivity index (χ0) is 52.0. The van der Waals surface area contributed by atoms with Gasteiger partial charge in [-0.3, -0.25) is 4.79 Å². The van der Waals surface area contributed by atoms with Crippen LogP contribution in [0.3, 0.4) is 0 Å². The summed E-state index contributed by atoms with van der Waals surface area (Å²) < 4.78 is 48.9. The van der Waals surface area contributed by atoms with Gasteiger partial charge in [0, 0.05) is 6.42 Å². The molecule has 1 amide bonds. The Kier molecular flexibility index (Phi) is 35.0. The lowest BCUT2D eigenvalue weighted by molar-refractivity contribution is -0.292. The predicted molar refractivity (Wildman–Crippen MR) is 309 cm³/mol. The standard InChI is InChI=1S/C55H117NO8Si5/c1-18-20-22-24-26-28-30-32-34-36-38-40-42-44-49(61-66(6,7)8)48(56-51(57)45-43-41-39-37-35-33-31-29-27-25-23-21-19-2)46-58-55-54(64-69(15,16)17)53(63-68(12,13)14)52(62-67(9,10)11)50(60-55)47-59-65(3,4)5/h42,44,48-50,52-55H,18-41,43,45-47H2,1-17H3,(H,56,57)/b44-42-/t48-,49+,50-,52-,53+,54-,55-/m1/s1. The van der Waals surface area contributed by atoms with Crippen LogP contribution in [0.15, 0.2) is 12.2 Å². The van der Waals surface area contributed by atoms with Crippen LogP contribution < -0.4 is 5.32 Å². The number of ether oxygens (including phenoxy) is 2. The van der Waals surface area contributed by atoms with Crippen molar-refractivity contribution in [1.82, 2.24) is 5.32 Å². The average Bonchev–Trinajstić information content (AvgIpc) is 3.21. The van der Waals surface area contributed by atoms with Crippen LogP contribution in [0.25, 0.3) is 0 Å². The van der Waals surface area contributed by atoms with E-state index in [-0.39, 0.29) is 24.7 Å². The Morgan fingerprint density at radius 1 is 0.507 bits per heavy atom. The monoisotopic (exact) mass is 1060 g/mol. The maximum atomic E-state index is 14.0. The fourth-order valence-electron chi connectivity index (χ4n) is 8.93. The van der Waals surface area contributed by atoms with E-state index < -0.39 is 72.2 Å². The van der Waals surface area contributed by atoms with E-state index in [4.69, 9.17) is 31.6 Å². The van der Waals surface area contributed by atoms with E-state index >= 15 is 0 Å².